The highest BCUT2D eigenvalue weighted by molar-refractivity contribution is 6.34. The fraction of sp³-hybridized carbons (Fsp3) is 0.500. The minimum Gasteiger partial charge on any atom is -0.379 e. The van der Waals surface area contributed by atoms with Crippen LogP contribution in [0.4, 0.5) is 5.69 Å². The number of hydrogen-bond acceptors (Lipinski definition) is 2. The summed E-state index contributed by atoms with van der Waals surface area (Å²) in [5.74, 6) is 0.00473. The van der Waals surface area contributed by atoms with Crippen molar-refractivity contribution in [1.29, 1.82) is 0 Å². The molecule has 1 amide bonds. The first-order valence-electron chi connectivity index (χ1n) is 6.14. The van der Waals surface area contributed by atoms with Crippen molar-refractivity contribution < 1.29 is 9.53 Å². The summed E-state index contributed by atoms with van der Waals surface area (Å²) in [6, 6.07) is 3.87. The van der Waals surface area contributed by atoms with E-state index in [-0.39, 0.29) is 11.3 Å². The molecule has 1 heterocycles. The van der Waals surface area contributed by atoms with Crippen LogP contribution in [0.25, 0.3) is 0 Å². The highest BCUT2D eigenvalue weighted by atomic mass is 35.5. The molecule has 98 valence electrons. The lowest BCUT2D eigenvalue weighted by Gasteiger charge is -2.39. The average molecular weight is 268 g/mol. The quantitative estimate of drug-likeness (QED) is 0.912. The summed E-state index contributed by atoms with van der Waals surface area (Å²) in [4.78, 5) is 12.3. The van der Waals surface area contributed by atoms with Crippen LogP contribution in [0.3, 0.4) is 0 Å². The van der Waals surface area contributed by atoms with Gasteiger partial charge in [-0.15, -0.1) is 0 Å². The molecule has 18 heavy (non-hydrogen) atoms. The first-order chi connectivity index (χ1) is 8.48. The van der Waals surface area contributed by atoms with Gasteiger partial charge in [0.1, 0.15) is 0 Å². The fourth-order valence-electron chi connectivity index (χ4n) is 2.16. The predicted octanol–water partition coefficient (Wildman–Crippen LogP) is 3.32. The summed E-state index contributed by atoms with van der Waals surface area (Å²) in [5, 5.41) is 3.54. The highest BCUT2D eigenvalue weighted by Crippen LogP contribution is 2.35. The molecule has 1 saturated heterocycles. The molecule has 4 heteroatoms. The number of amides is 1. The third kappa shape index (κ3) is 2.25. The predicted molar refractivity (Wildman–Crippen MR) is 73.1 cm³/mol. The summed E-state index contributed by atoms with van der Waals surface area (Å²) in [6.07, 6.45) is 0.779. The van der Waals surface area contributed by atoms with Crippen LogP contribution in [-0.2, 0) is 9.53 Å². The highest BCUT2D eigenvalue weighted by Gasteiger charge is 2.44. The summed E-state index contributed by atoms with van der Waals surface area (Å²) >= 11 is 6.19. The number of anilines is 1. The number of carbonyl (C=O) groups excluding carboxylic acids is 1. The van der Waals surface area contributed by atoms with E-state index in [0.717, 1.165) is 17.5 Å². The Kier molecular flexibility index (Phi) is 3.64. The number of aryl methyl sites for hydroxylation is 2. The first kappa shape index (κ1) is 13.4. The van der Waals surface area contributed by atoms with Crippen LogP contribution in [0, 0.1) is 19.3 Å². The Morgan fingerprint density at radius 1 is 1.44 bits per heavy atom. The zero-order valence-corrected chi connectivity index (χ0v) is 11.7. The molecule has 1 fully saturated rings. The number of hydrogen-bond donors (Lipinski definition) is 1. The van der Waals surface area contributed by atoms with Crippen molar-refractivity contribution in [2.45, 2.75) is 27.2 Å². The fourth-order valence-corrected chi connectivity index (χ4v) is 2.53. The van der Waals surface area contributed by atoms with Gasteiger partial charge in [0, 0.05) is 0 Å². The maximum atomic E-state index is 12.3. The van der Waals surface area contributed by atoms with Gasteiger partial charge in [0.25, 0.3) is 0 Å². The molecule has 0 aliphatic carbocycles. The molecule has 0 atom stereocenters. The number of carbonyl (C=O) groups is 1. The van der Waals surface area contributed by atoms with Crippen LogP contribution in [0.2, 0.25) is 5.02 Å². The van der Waals surface area contributed by atoms with Crippen LogP contribution >= 0.6 is 11.6 Å². The zero-order valence-electron chi connectivity index (χ0n) is 11.0. The third-order valence-corrected chi connectivity index (χ3v) is 3.88. The van der Waals surface area contributed by atoms with Crippen LogP contribution in [0.5, 0.6) is 0 Å². The first-order valence-corrected chi connectivity index (χ1v) is 6.52. The van der Waals surface area contributed by atoms with Crippen molar-refractivity contribution in [2.24, 2.45) is 5.41 Å². The molecule has 1 aliphatic heterocycles. The molecular formula is C14H18ClNO2. The van der Waals surface area contributed by atoms with Crippen molar-refractivity contribution in [2.75, 3.05) is 18.5 Å². The maximum Gasteiger partial charge on any atom is 0.235 e. The van der Waals surface area contributed by atoms with E-state index in [9.17, 15) is 4.79 Å². The van der Waals surface area contributed by atoms with Crippen molar-refractivity contribution in [3.8, 4) is 0 Å². The molecule has 0 aromatic heterocycles. The molecule has 0 unspecified atom stereocenters. The van der Waals surface area contributed by atoms with Gasteiger partial charge in [-0.2, -0.15) is 0 Å². The monoisotopic (exact) mass is 267 g/mol. The second kappa shape index (κ2) is 4.90. The Labute approximate surface area is 112 Å². The van der Waals surface area contributed by atoms with Gasteiger partial charge in [-0.05, 0) is 37.5 Å². The number of benzene rings is 1. The van der Waals surface area contributed by atoms with Crippen molar-refractivity contribution in [3.05, 3.63) is 28.3 Å². The standard InChI is InChI=1S/C14H18ClNO2/c1-4-14(7-18-8-14)13(17)16-12-10(3)5-9(2)6-11(12)15/h5-6H,4,7-8H2,1-3H3,(H,16,17). The molecular weight excluding hydrogens is 250 g/mol. The lowest BCUT2D eigenvalue weighted by atomic mass is 9.82. The van der Waals surface area contributed by atoms with E-state index >= 15 is 0 Å². The van der Waals surface area contributed by atoms with Crippen molar-refractivity contribution in [1.82, 2.24) is 0 Å². The van der Waals surface area contributed by atoms with Crippen molar-refractivity contribution in [3.63, 3.8) is 0 Å². The summed E-state index contributed by atoms with van der Waals surface area (Å²) in [6.45, 7) is 6.93. The van der Waals surface area contributed by atoms with E-state index in [1.54, 1.807) is 0 Å². The smallest absolute Gasteiger partial charge is 0.235 e. The molecule has 0 radical (unpaired) electrons. The minimum absolute atomic E-state index is 0.00473. The van der Waals surface area contributed by atoms with E-state index in [1.807, 2.05) is 32.9 Å². The summed E-state index contributed by atoms with van der Waals surface area (Å²) in [5.41, 5.74) is 2.42. The Bertz CT molecular complexity index is 452. The Morgan fingerprint density at radius 2 is 2.11 bits per heavy atom. The SMILES string of the molecule is CCC1(C(=O)Nc2c(C)cc(C)cc2Cl)COC1. The second-order valence-corrected chi connectivity index (χ2v) is 5.43. The topological polar surface area (TPSA) is 38.3 Å². The zero-order chi connectivity index (χ0) is 13.3. The van der Waals surface area contributed by atoms with Gasteiger partial charge in [-0.3, -0.25) is 4.79 Å². The Balaban J connectivity index is 2.22. The van der Waals surface area contributed by atoms with Crippen molar-refractivity contribution >= 4 is 23.2 Å². The van der Waals surface area contributed by atoms with Gasteiger partial charge < -0.3 is 10.1 Å². The van der Waals surface area contributed by atoms with Gasteiger partial charge >= 0.3 is 0 Å². The number of rotatable bonds is 3. The van der Waals surface area contributed by atoms with Gasteiger partial charge in [0.15, 0.2) is 0 Å². The molecule has 0 spiro atoms. The minimum atomic E-state index is -0.374. The molecule has 1 aliphatic rings. The van der Waals surface area contributed by atoms with E-state index in [0.29, 0.717) is 23.9 Å². The molecule has 0 saturated carbocycles. The maximum absolute atomic E-state index is 12.3. The lowest BCUT2D eigenvalue weighted by Crippen LogP contribution is -2.51. The van der Waals surface area contributed by atoms with Gasteiger partial charge in [0.2, 0.25) is 5.91 Å². The van der Waals surface area contributed by atoms with Gasteiger partial charge in [-0.1, -0.05) is 24.6 Å². The van der Waals surface area contributed by atoms with E-state index in [4.69, 9.17) is 16.3 Å². The second-order valence-electron chi connectivity index (χ2n) is 5.02. The molecule has 1 aromatic rings. The van der Waals surface area contributed by atoms with E-state index in [2.05, 4.69) is 5.32 Å². The lowest BCUT2D eigenvalue weighted by molar-refractivity contribution is -0.156. The van der Waals surface area contributed by atoms with Crippen LogP contribution in [0.15, 0.2) is 12.1 Å². The van der Waals surface area contributed by atoms with Crippen LogP contribution < -0.4 is 5.32 Å². The molecule has 2 rings (SSSR count). The summed E-state index contributed by atoms with van der Waals surface area (Å²) < 4.78 is 5.17. The van der Waals surface area contributed by atoms with Gasteiger partial charge in [-0.25, -0.2) is 0 Å². The molecule has 0 bridgehead atoms. The van der Waals surface area contributed by atoms with Gasteiger partial charge in [0.05, 0.1) is 29.3 Å². The number of ether oxygens (including phenoxy) is 1. The van der Waals surface area contributed by atoms with E-state index < -0.39 is 0 Å². The summed E-state index contributed by atoms with van der Waals surface area (Å²) in [7, 11) is 0. The van der Waals surface area contributed by atoms with Crippen LogP contribution in [-0.4, -0.2) is 19.1 Å². The largest absolute Gasteiger partial charge is 0.379 e. The number of halogens is 1. The third-order valence-electron chi connectivity index (χ3n) is 3.59. The normalized spacial score (nSPS) is 17.1. The van der Waals surface area contributed by atoms with Crippen LogP contribution in [0.1, 0.15) is 24.5 Å². The molecule has 1 N–H and O–H groups in total. The molecule has 3 nitrogen and oxygen atoms in total. The molecule has 1 aromatic carbocycles. The van der Waals surface area contributed by atoms with E-state index in [1.165, 1.54) is 0 Å². The Morgan fingerprint density at radius 3 is 2.56 bits per heavy atom. The Hall–Kier alpha value is -1.06. The number of nitrogens with one attached hydrogen (secondary N) is 1. The average Bonchev–Trinajstić information content (AvgIpc) is 2.22.